The van der Waals surface area contributed by atoms with Crippen LogP contribution in [0.1, 0.15) is 30.4 Å². The van der Waals surface area contributed by atoms with Gasteiger partial charge < -0.3 is 14.3 Å². The van der Waals surface area contributed by atoms with Gasteiger partial charge in [0.25, 0.3) is 0 Å². The maximum absolute atomic E-state index is 11.2. The van der Waals surface area contributed by atoms with Crippen LogP contribution in [0, 0.1) is 5.92 Å². The monoisotopic (exact) mass is 376 g/mol. The Balaban J connectivity index is 1.47. The van der Waals surface area contributed by atoms with Gasteiger partial charge in [-0.2, -0.15) is 0 Å². The molecule has 0 saturated heterocycles. The van der Waals surface area contributed by atoms with E-state index in [1.54, 1.807) is 0 Å². The van der Waals surface area contributed by atoms with Crippen molar-refractivity contribution in [2.24, 2.45) is 5.92 Å². The van der Waals surface area contributed by atoms with E-state index in [1.165, 1.54) is 11.1 Å². The molecule has 1 unspecified atom stereocenters. The number of hydrogen-bond donors (Lipinski definition) is 0. The average molecular weight is 376 g/mol. The predicted octanol–water partition coefficient (Wildman–Crippen LogP) is 5.27. The summed E-state index contributed by atoms with van der Waals surface area (Å²) in [5, 5.41) is 0. The third kappa shape index (κ3) is 6.41. The molecule has 0 radical (unpaired) electrons. The highest BCUT2D eigenvalue weighted by Gasteiger charge is 2.18. The molecule has 0 fully saturated rings. The first-order valence-electron chi connectivity index (χ1n) is 10.1. The summed E-state index contributed by atoms with van der Waals surface area (Å²) in [6.07, 6.45) is 9.18. The van der Waals surface area contributed by atoms with E-state index in [0.29, 0.717) is 19.6 Å². The molecule has 3 nitrogen and oxygen atoms in total. The second-order valence-corrected chi connectivity index (χ2v) is 7.03. The zero-order valence-electron chi connectivity index (χ0n) is 16.3. The van der Waals surface area contributed by atoms with Gasteiger partial charge in [-0.1, -0.05) is 66.7 Å². The van der Waals surface area contributed by atoms with Crippen LogP contribution < -0.4 is 0 Å². The number of aryl methyl sites for hydroxylation is 2. The van der Waals surface area contributed by atoms with Gasteiger partial charge in [0.15, 0.2) is 5.76 Å². The maximum Gasteiger partial charge on any atom is 0.156 e. The molecule has 1 aliphatic rings. The highest BCUT2D eigenvalue weighted by molar-refractivity contribution is 5.58. The summed E-state index contributed by atoms with van der Waals surface area (Å²) in [5.74, 6) is 1.44. The van der Waals surface area contributed by atoms with Crippen molar-refractivity contribution in [3.63, 3.8) is 0 Å². The number of rotatable bonds is 11. The van der Waals surface area contributed by atoms with E-state index in [2.05, 4.69) is 48.5 Å². The number of allylic oxidation sites excluding steroid dienone is 3. The normalized spacial score (nSPS) is 16.1. The highest BCUT2D eigenvalue weighted by atomic mass is 16.5. The molecule has 2 aromatic rings. The molecule has 0 aliphatic heterocycles. The van der Waals surface area contributed by atoms with E-state index >= 15 is 0 Å². The fourth-order valence-electron chi connectivity index (χ4n) is 3.26. The van der Waals surface area contributed by atoms with Crippen LogP contribution in [0.2, 0.25) is 0 Å². The van der Waals surface area contributed by atoms with E-state index in [4.69, 9.17) is 9.47 Å². The first kappa shape index (κ1) is 19.9. The van der Waals surface area contributed by atoms with Crippen molar-refractivity contribution >= 4 is 6.29 Å². The van der Waals surface area contributed by atoms with Gasteiger partial charge >= 0.3 is 0 Å². The Morgan fingerprint density at radius 1 is 0.821 bits per heavy atom. The lowest BCUT2D eigenvalue weighted by Gasteiger charge is -2.20. The van der Waals surface area contributed by atoms with Crippen LogP contribution in [0.5, 0.6) is 0 Å². The molecule has 0 amide bonds. The quantitative estimate of drug-likeness (QED) is 0.396. The molecule has 3 heteroatoms. The molecular weight excluding hydrogens is 348 g/mol. The first-order chi connectivity index (χ1) is 13.8. The Morgan fingerprint density at radius 3 is 1.96 bits per heavy atom. The van der Waals surface area contributed by atoms with Gasteiger partial charge in [-0.3, -0.25) is 0 Å². The zero-order chi connectivity index (χ0) is 19.4. The molecule has 0 saturated carbocycles. The zero-order valence-corrected chi connectivity index (χ0v) is 16.3. The third-order valence-corrected chi connectivity index (χ3v) is 4.80. The summed E-state index contributed by atoms with van der Waals surface area (Å²) in [5.41, 5.74) is 2.63. The van der Waals surface area contributed by atoms with Crippen molar-refractivity contribution in [3.8, 4) is 0 Å². The Kier molecular flexibility index (Phi) is 7.92. The third-order valence-electron chi connectivity index (χ3n) is 4.80. The number of aldehydes is 1. The van der Waals surface area contributed by atoms with Crippen molar-refractivity contribution in [1.29, 1.82) is 0 Å². The van der Waals surface area contributed by atoms with Crippen molar-refractivity contribution in [3.05, 3.63) is 95.5 Å². The predicted molar refractivity (Wildman–Crippen MR) is 112 cm³/mol. The Bertz CT molecular complexity index is 778. The number of ether oxygens (including phenoxy) is 2. The molecule has 0 bridgehead atoms. The minimum Gasteiger partial charge on any atom is -0.494 e. The highest BCUT2D eigenvalue weighted by Crippen LogP contribution is 2.25. The van der Waals surface area contributed by atoms with Crippen LogP contribution >= 0.6 is 0 Å². The second-order valence-electron chi connectivity index (χ2n) is 7.03. The van der Waals surface area contributed by atoms with Crippen LogP contribution in [-0.4, -0.2) is 19.5 Å². The van der Waals surface area contributed by atoms with Crippen LogP contribution in [0.4, 0.5) is 0 Å². The van der Waals surface area contributed by atoms with E-state index < -0.39 is 0 Å². The average Bonchev–Trinajstić information content (AvgIpc) is 2.76. The molecule has 3 rings (SSSR count). The van der Waals surface area contributed by atoms with Crippen molar-refractivity contribution in [1.82, 2.24) is 0 Å². The molecule has 0 spiro atoms. The van der Waals surface area contributed by atoms with Crippen molar-refractivity contribution in [2.75, 3.05) is 13.2 Å². The number of carbonyl (C=O) groups excluding carboxylic acids is 1. The van der Waals surface area contributed by atoms with Gasteiger partial charge in [0.1, 0.15) is 12.0 Å². The summed E-state index contributed by atoms with van der Waals surface area (Å²) in [6, 6.07) is 20.8. The number of hydrogen-bond acceptors (Lipinski definition) is 3. The van der Waals surface area contributed by atoms with Gasteiger partial charge in [0, 0.05) is 12.3 Å². The lowest BCUT2D eigenvalue weighted by molar-refractivity contribution is -0.110. The van der Waals surface area contributed by atoms with Gasteiger partial charge in [-0.25, -0.2) is 0 Å². The summed E-state index contributed by atoms with van der Waals surface area (Å²) in [7, 11) is 0. The van der Waals surface area contributed by atoms with Gasteiger partial charge in [-0.05, 0) is 42.9 Å². The SMILES string of the molecule is O=CC1C=CC(OCCCc2ccccc2)=C(OCCCc2ccccc2)C1. The topological polar surface area (TPSA) is 35.5 Å². The molecule has 1 aliphatic carbocycles. The Labute approximate surface area is 167 Å². The fraction of sp³-hybridized carbons (Fsp3) is 0.320. The molecule has 0 N–H and O–H groups in total. The van der Waals surface area contributed by atoms with Crippen LogP contribution in [0.3, 0.4) is 0 Å². The fourth-order valence-corrected chi connectivity index (χ4v) is 3.26. The molecule has 28 heavy (non-hydrogen) atoms. The largest absolute Gasteiger partial charge is 0.494 e. The Hall–Kier alpha value is -2.81. The molecule has 1 atom stereocenters. The summed E-state index contributed by atoms with van der Waals surface area (Å²) < 4.78 is 12.0. The maximum atomic E-state index is 11.2. The summed E-state index contributed by atoms with van der Waals surface area (Å²) in [4.78, 5) is 11.2. The first-order valence-corrected chi connectivity index (χ1v) is 10.1. The minimum atomic E-state index is -0.124. The van der Waals surface area contributed by atoms with E-state index in [1.807, 2.05) is 24.3 Å². The molecule has 0 heterocycles. The molecule has 0 aromatic heterocycles. The standard InChI is InChI=1S/C25H28O3/c26-20-23-15-16-24(27-17-7-13-21-9-3-1-4-10-21)25(19-23)28-18-8-14-22-11-5-2-6-12-22/h1-6,9-12,15-16,20,23H,7-8,13-14,17-19H2. The number of benzene rings is 2. The van der Waals surface area contributed by atoms with Gasteiger partial charge in [0.05, 0.1) is 13.2 Å². The lowest BCUT2D eigenvalue weighted by Crippen LogP contribution is -2.12. The van der Waals surface area contributed by atoms with Crippen LogP contribution in [-0.2, 0) is 27.1 Å². The van der Waals surface area contributed by atoms with E-state index in [-0.39, 0.29) is 5.92 Å². The summed E-state index contributed by atoms with van der Waals surface area (Å²) in [6.45, 7) is 1.26. The van der Waals surface area contributed by atoms with Gasteiger partial charge in [-0.15, -0.1) is 0 Å². The number of carbonyl (C=O) groups is 1. The van der Waals surface area contributed by atoms with Crippen LogP contribution in [0.25, 0.3) is 0 Å². The second kappa shape index (κ2) is 11.1. The van der Waals surface area contributed by atoms with Crippen LogP contribution in [0.15, 0.2) is 84.3 Å². The van der Waals surface area contributed by atoms with E-state index in [0.717, 1.165) is 43.5 Å². The van der Waals surface area contributed by atoms with E-state index in [9.17, 15) is 4.79 Å². The smallest absolute Gasteiger partial charge is 0.156 e. The van der Waals surface area contributed by atoms with Gasteiger partial charge in [0.2, 0.25) is 0 Å². The van der Waals surface area contributed by atoms with Crippen molar-refractivity contribution in [2.45, 2.75) is 32.1 Å². The molecule has 146 valence electrons. The Morgan fingerprint density at radius 2 is 1.39 bits per heavy atom. The lowest BCUT2D eigenvalue weighted by atomic mass is 10.00. The van der Waals surface area contributed by atoms with Crippen molar-refractivity contribution < 1.29 is 14.3 Å². The minimum absolute atomic E-state index is 0.124. The molecular formula is C25H28O3. The summed E-state index contributed by atoms with van der Waals surface area (Å²) >= 11 is 0. The molecule has 2 aromatic carbocycles.